The second-order valence-electron chi connectivity index (χ2n) is 7.21. The maximum atomic E-state index is 5.89. The molecule has 1 unspecified atom stereocenters. The van der Waals surface area contributed by atoms with Crippen molar-refractivity contribution in [3.63, 3.8) is 0 Å². The predicted molar refractivity (Wildman–Crippen MR) is 81.4 cm³/mol. The minimum absolute atomic E-state index is 0.182. The standard InChI is InChI=1S/C15H33N3O/c1-13(2)8-18-6-7-19-14(10-18)9-17(5)12-15(3,4)11-16/h13-14H,6-12,16H2,1-5H3. The van der Waals surface area contributed by atoms with Gasteiger partial charge in [0.25, 0.3) is 0 Å². The van der Waals surface area contributed by atoms with Crippen LogP contribution in [0.15, 0.2) is 0 Å². The molecule has 1 aliphatic rings. The van der Waals surface area contributed by atoms with E-state index in [1.54, 1.807) is 0 Å². The quantitative estimate of drug-likeness (QED) is 0.757. The fraction of sp³-hybridized carbons (Fsp3) is 1.00. The molecule has 0 aromatic rings. The summed E-state index contributed by atoms with van der Waals surface area (Å²) in [4.78, 5) is 4.89. The second kappa shape index (κ2) is 7.58. The number of hydrogen-bond acceptors (Lipinski definition) is 4. The number of ether oxygens (including phenoxy) is 1. The van der Waals surface area contributed by atoms with E-state index < -0.39 is 0 Å². The van der Waals surface area contributed by atoms with Crippen LogP contribution in [0.2, 0.25) is 0 Å². The molecular weight excluding hydrogens is 238 g/mol. The fourth-order valence-electron chi connectivity index (χ4n) is 2.78. The molecule has 19 heavy (non-hydrogen) atoms. The molecule has 0 amide bonds. The first-order chi connectivity index (χ1) is 8.82. The molecule has 1 aliphatic heterocycles. The number of hydrogen-bond donors (Lipinski definition) is 1. The highest BCUT2D eigenvalue weighted by molar-refractivity contribution is 4.78. The largest absolute Gasteiger partial charge is 0.374 e. The molecule has 1 saturated heterocycles. The van der Waals surface area contributed by atoms with Gasteiger partial charge in [0, 0.05) is 32.7 Å². The zero-order chi connectivity index (χ0) is 14.5. The Balaban J connectivity index is 2.35. The summed E-state index contributed by atoms with van der Waals surface area (Å²) >= 11 is 0. The van der Waals surface area contributed by atoms with Gasteiger partial charge in [0.2, 0.25) is 0 Å². The lowest BCUT2D eigenvalue weighted by molar-refractivity contribution is -0.0458. The minimum atomic E-state index is 0.182. The van der Waals surface area contributed by atoms with Crippen LogP contribution in [0, 0.1) is 11.3 Å². The Labute approximate surface area is 119 Å². The third-order valence-electron chi connectivity index (χ3n) is 3.61. The lowest BCUT2D eigenvalue weighted by Crippen LogP contribution is -2.49. The fourth-order valence-corrected chi connectivity index (χ4v) is 2.78. The highest BCUT2D eigenvalue weighted by Gasteiger charge is 2.24. The molecule has 4 heteroatoms. The molecule has 1 fully saturated rings. The van der Waals surface area contributed by atoms with E-state index in [9.17, 15) is 0 Å². The third-order valence-corrected chi connectivity index (χ3v) is 3.61. The van der Waals surface area contributed by atoms with Gasteiger partial charge < -0.3 is 15.4 Å². The van der Waals surface area contributed by atoms with Gasteiger partial charge in [-0.25, -0.2) is 0 Å². The van der Waals surface area contributed by atoms with Gasteiger partial charge in [0.05, 0.1) is 12.7 Å². The van der Waals surface area contributed by atoms with Crippen molar-refractivity contribution in [2.24, 2.45) is 17.1 Å². The van der Waals surface area contributed by atoms with Crippen LogP contribution >= 0.6 is 0 Å². The maximum absolute atomic E-state index is 5.89. The van der Waals surface area contributed by atoms with Gasteiger partial charge in [-0.05, 0) is 24.9 Å². The Morgan fingerprint density at radius 1 is 1.42 bits per heavy atom. The van der Waals surface area contributed by atoms with E-state index in [0.717, 1.165) is 45.2 Å². The molecule has 4 nitrogen and oxygen atoms in total. The van der Waals surface area contributed by atoms with Gasteiger partial charge in [-0.3, -0.25) is 4.90 Å². The SMILES string of the molecule is CC(C)CN1CCOC(CN(C)CC(C)(C)CN)C1. The van der Waals surface area contributed by atoms with Crippen LogP contribution in [0.3, 0.4) is 0 Å². The molecule has 0 bridgehead atoms. The van der Waals surface area contributed by atoms with Crippen LogP contribution < -0.4 is 5.73 Å². The first-order valence-electron chi connectivity index (χ1n) is 7.55. The lowest BCUT2D eigenvalue weighted by atomic mass is 9.93. The van der Waals surface area contributed by atoms with Crippen LogP contribution in [0.1, 0.15) is 27.7 Å². The monoisotopic (exact) mass is 271 g/mol. The van der Waals surface area contributed by atoms with E-state index in [1.165, 1.54) is 6.54 Å². The van der Waals surface area contributed by atoms with Crippen LogP contribution in [0.25, 0.3) is 0 Å². The Morgan fingerprint density at radius 3 is 2.68 bits per heavy atom. The minimum Gasteiger partial charge on any atom is -0.374 e. The average molecular weight is 271 g/mol. The summed E-state index contributed by atoms with van der Waals surface area (Å²) in [6, 6.07) is 0. The van der Waals surface area contributed by atoms with Gasteiger partial charge in [0.1, 0.15) is 0 Å². The molecule has 0 saturated carbocycles. The zero-order valence-corrected chi connectivity index (χ0v) is 13.5. The van der Waals surface area contributed by atoms with Crippen molar-refractivity contribution in [3.8, 4) is 0 Å². The molecule has 114 valence electrons. The van der Waals surface area contributed by atoms with Gasteiger partial charge in [0.15, 0.2) is 0 Å². The molecule has 0 spiro atoms. The number of rotatable bonds is 7. The van der Waals surface area contributed by atoms with Crippen molar-refractivity contribution >= 4 is 0 Å². The van der Waals surface area contributed by atoms with Crippen LogP contribution in [0.4, 0.5) is 0 Å². The first kappa shape index (κ1) is 16.9. The average Bonchev–Trinajstić information content (AvgIpc) is 2.27. The Bertz CT molecular complexity index is 256. The summed E-state index contributed by atoms with van der Waals surface area (Å²) < 4.78 is 5.89. The number of likely N-dealkylation sites (N-methyl/N-ethyl adjacent to an activating group) is 1. The van der Waals surface area contributed by atoms with Crippen molar-refractivity contribution in [2.75, 3.05) is 52.9 Å². The second-order valence-corrected chi connectivity index (χ2v) is 7.21. The van der Waals surface area contributed by atoms with Crippen molar-refractivity contribution in [1.82, 2.24) is 9.80 Å². The highest BCUT2D eigenvalue weighted by Crippen LogP contribution is 2.15. The van der Waals surface area contributed by atoms with Gasteiger partial charge >= 0.3 is 0 Å². The van der Waals surface area contributed by atoms with Crippen LogP contribution in [-0.2, 0) is 4.74 Å². The maximum Gasteiger partial charge on any atom is 0.0829 e. The van der Waals surface area contributed by atoms with Crippen molar-refractivity contribution < 1.29 is 4.74 Å². The van der Waals surface area contributed by atoms with E-state index in [-0.39, 0.29) is 5.41 Å². The van der Waals surface area contributed by atoms with Gasteiger partial charge in [-0.15, -0.1) is 0 Å². The van der Waals surface area contributed by atoms with E-state index in [2.05, 4.69) is 44.5 Å². The molecule has 0 aromatic heterocycles. The summed E-state index contributed by atoms with van der Waals surface area (Å²) in [7, 11) is 2.17. The zero-order valence-electron chi connectivity index (χ0n) is 13.5. The molecule has 0 aromatic carbocycles. The molecule has 1 rings (SSSR count). The molecule has 0 aliphatic carbocycles. The molecule has 1 atom stereocenters. The topological polar surface area (TPSA) is 41.7 Å². The summed E-state index contributed by atoms with van der Waals surface area (Å²) in [5, 5.41) is 0. The number of morpholine rings is 1. The van der Waals surface area contributed by atoms with Gasteiger partial charge in [-0.2, -0.15) is 0 Å². The lowest BCUT2D eigenvalue weighted by Gasteiger charge is -2.37. The van der Waals surface area contributed by atoms with Gasteiger partial charge in [-0.1, -0.05) is 27.7 Å². The summed E-state index contributed by atoms with van der Waals surface area (Å²) in [5.74, 6) is 0.729. The molecule has 2 N–H and O–H groups in total. The van der Waals surface area contributed by atoms with Crippen LogP contribution in [0.5, 0.6) is 0 Å². The Kier molecular flexibility index (Phi) is 6.74. The third kappa shape index (κ3) is 6.70. The number of nitrogens with two attached hydrogens (primary N) is 1. The Morgan fingerprint density at radius 2 is 2.11 bits per heavy atom. The Hall–Kier alpha value is -0.160. The molecule has 1 heterocycles. The summed E-state index contributed by atoms with van der Waals surface area (Å²) in [6.07, 6.45) is 0.339. The summed E-state index contributed by atoms with van der Waals surface area (Å²) in [5.41, 5.74) is 5.98. The normalized spacial score (nSPS) is 22.4. The number of nitrogens with zero attached hydrogens (tertiary/aromatic N) is 2. The van der Waals surface area contributed by atoms with Crippen LogP contribution in [-0.4, -0.2) is 68.8 Å². The molecular formula is C15H33N3O. The predicted octanol–water partition coefficient (Wildman–Crippen LogP) is 1.26. The van der Waals surface area contributed by atoms with E-state index in [0.29, 0.717) is 6.10 Å². The summed E-state index contributed by atoms with van der Waals surface area (Å²) in [6.45, 7) is 15.9. The van der Waals surface area contributed by atoms with E-state index in [4.69, 9.17) is 10.5 Å². The van der Waals surface area contributed by atoms with E-state index >= 15 is 0 Å². The smallest absolute Gasteiger partial charge is 0.0829 e. The van der Waals surface area contributed by atoms with Crippen molar-refractivity contribution in [1.29, 1.82) is 0 Å². The van der Waals surface area contributed by atoms with E-state index in [1.807, 2.05) is 0 Å². The van der Waals surface area contributed by atoms with Crippen molar-refractivity contribution in [3.05, 3.63) is 0 Å². The molecule has 0 radical (unpaired) electrons. The first-order valence-corrected chi connectivity index (χ1v) is 7.55. The van der Waals surface area contributed by atoms with Crippen molar-refractivity contribution in [2.45, 2.75) is 33.8 Å². The highest BCUT2D eigenvalue weighted by atomic mass is 16.5.